The summed E-state index contributed by atoms with van der Waals surface area (Å²) in [5.41, 5.74) is -6.08. The number of alkyl halides is 11. The van der Waals surface area contributed by atoms with Gasteiger partial charge >= 0.3 is 18.5 Å². The lowest BCUT2D eigenvalue weighted by Crippen LogP contribution is -2.65. The number of hydrogen-bond acceptors (Lipinski definition) is 13. The van der Waals surface area contributed by atoms with E-state index >= 15 is 36.7 Å². The maximum absolute atomic E-state index is 16.1. The van der Waals surface area contributed by atoms with Crippen LogP contribution in [0.1, 0.15) is 126 Å². The number of morpholine rings is 1. The Hall–Kier alpha value is -8.87. The molecule has 2 saturated carbocycles. The highest BCUT2D eigenvalue weighted by molar-refractivity contribution is 6.01. The Morgan fingerprint density at radius 1 is 0.624 bits per heavy atom. The van der Waals surface area contributed by atoms with E-state index in [0.717, 1.165) is 78.9 Å². The van der Waals surface area contributed by atoms with E-state index in [1.807, 2.05) is 0 Å². The second-order valence-corrected chi connectivity index (χ2v) is 29.0. The molecule has 3 heterocycles. The van der Waals surface area contributed by atoms with Crippen molar-refractivity contribution in [3.8, 4) is 0 Å². The van der Waals surface area contributed by atoms with Gasteiger partial charge in [0, 0.05) is 75.3 Å². The Kier molecular flexibility index (Phi) is 28.7. The smallest absolute Gasteiger partial charge is 0.378 e. The fraction of sp³-hybridized carbons (Fsp3) is 0.662. The Balaban J connectivity index is 1.34. The summed E-state index contributed by atoms with van der Waals surface area (Å²) < 4.78 is 195. The number of benzene rings is 2. The summed E-state index contributed by atoms with van der Waals surface area (Å²) in [5.74, 6) is -24.1. The van der Waals surface area contributed by atoms with Gasteiger partial charge in [-0.25, -0.2) is 17.6 Å². The third kappa shape index (κ3) is 21.8. The summed E-state index contributed by atoms with van der Waals surface area (Å²) in [6, 6.07) is -10.1. The van der Waals surface area contributed by atoms with Crippen LogP contribution in [0.2, 0.25) is 0 Å². The van der Waals surface area contributed by atoms with Crippen molar-refractivity contribution in [2.45, 2.75) is 189 Å². The molecule has 12 amide bonds. The number of aryl methyl sites for hydroxylation is 1. The van der Waals surface area contributed by atoms with Gasteiger partial charge in [-0.05, 0) is 85.8 Å². The second kappa shape index (κ2) is 35.9. The average molecular weight is 1570 g/mol. The number of ether oxygens (including phenoxy) is 1. The predicted molar refractivity (Wildman–Crippen MR) is 361 cm³/mol. The molecule has 0 bridgehead atoms. The largest absolute Gasteiger partial charge is 0.422 e. The molecule has 606 valence electrons. The summed E-state index contributed by atoms with van der Waals surface area (Å²) >= 11 is 0. The molecule has 38 heteroatoms. The molecule has 3 aliphatic heterocycles. The molecule has 8 atom stereocenters. The fourth-order valence-corrected chi connectivity index (χ4v) is 14.6. The molecular formula is C71H93F13N12O13. The SMILES string of the molecule is CC[C@H](C)[C@@H]1NC(=O)[C@H](CC(F)(F)F)N(C)C(=O)C[C@@H](C(=O)N2CCOCC2)N(C)C(=O)[C@H](C2CCCCC2)N(C)C(=O)C2(CCCC2)NC(=O)[C@@H]2CC(F)(F)CN2C(=O)[C@H](CCc2cc(F)c(C(F)(F)F)c(F)c2)NC(=O)CN(C)C(=O)[C@H](Cc2ccc(C(F)(F)F)cc2)N(C)C(=O)CN(C)C(=O)CN(C)C1=O. The number of hydrogen-bond donors (Lipinski definition) is 3. The minimum absolute atomic E-state index is 0.0252. The zero-order valence-electron chi connectivity index (χ0n) is 61.9. The standard InChI is InChI=1S/C71H93F13N12O13/c1-10-40(2)57-64(106)90(5)37-54(99)88(3)38-55(100)91(6)48(32-41-18-21-44(22-19-41)70(79,80)81)62(104)89(4)36-52(97)85-47(23-20-42-30-45(72)56(46(73)31-42)71(82,83)84)61(103)96-39-68(74,75)34-51(96)60(102)87-67(24-14-15-25-67)66(108)94(9)58(43-16-12-11-13-17-43)65(107)93(8)49(63(105)95-26-28-109-29-27-95)33-53(98)92(7)50(59(101)86-57)35-69(76,77)78/h18-19,21-22,30-31,40,43,47-51,57-58H,10-17,20,23-29,32-39H2,1-9H3,(H,85,97)(H,86,101)(H,87,102)/t40-,47-,48-,49-,50-,51-,57-,58-/m0/s1. The highest BCUT2D eigenvalue weighted by Gasteiger charge is 2.56. The lowest BCUT2D eigenvalue weighted by atomic mass is 9.81. The summed E-state index contributed by atoms with van der Waals surface area (Å²) in [6.45, 7) is -1.82. The summed E-state index contributed by atoms with van der Waals surface area (Å²) in [4.78, 5) is 184. The maximum Gasteiger partial charge on any atom is 0.422 e. The molecule has 0 unspecified atom stereocenters. The molecule has 5 fully saturated rings. The van der Waals surface area contributed by atoms with Crippen LogP contribution >= 0.6 is 0 Å². The zero-order chi connectivity index (χ0) is 81.3. The first-order valence-corrected chi connectivity index (χ1v) is 35.7. The molecule has 0 radical (unpaired) electrons. The van der Waals surface area contributed by atoms with Crippen molar-refractivity contribution >= 4 is 70.9 Å². The number of nitrogens with one attached hydrogen (secondary N) is 3. The minimum atomic E-state index is -5.55. The predicted octanol–water partition coefficient (Wildman–Crippen LogP) is 5.34. The van der Waals surface area contributed by atoms with Crippen molar-refractivity contribution in [3.05, 3.63) is 70.3 Å². The number of nitrogens with zero attached hydrogens (tertiary/aromatic N) is 9. The van der Waals surface area contributed by atoms with E-state index in [4.69, 9.17) is 4.74 Å². The van der Waals surface area contributed by atoms with Crippen LogP contribution in [-0.2, 0) is 87.5 Å². The molecule has 7 rings (SSSR count). The summed E-state index contributed by atoms with van der Waals surface area (Å²) in [6.07, 6.45) is -20.3. The number of fused-ring (bicyclic) bond motifs is 1. The quantitative estimate of drug-likeness (QED) is 0.254. The van der Waals surface area contributed by atoms with Gasteiger partial charge in [0.25, 0.3) is 5.92 Å². The van der Waals surface area contributed by atoms with Crippen LogP contribution in [0.4, 0.5) is 57.1 Å². The van der Waals surface area contributed by atoms with E-state index in [1.165, 1.54) is 18.9 Å². The zero-order valence-corrected chi connectivity index (χ0v) is 61.9. The van der Waals surface area contributed by atoms with Gasteiger partial charge in [-0.2, -0.15) is 39.5 Å². The maximum atomic E-state index is 16.1. The van der Waals surface area contributed by atoms with Crippen LogP contribution in [0.5, 0.6) is 0 Å². The lowest BCUT2D eigenvalue weighted by Gasteiger charge is -2.43. The molecule has 2 aliphatic carbocycles. The van der Waals surface area contributed by atoms with Gasteiger partial charge in [-0.1, -0.05) is 64.5 Å². The van der Waals surface area contributed by atoms with Gasteiger partial charge < -0.3 is 64.8 Å². The van der Waals surface area contributed by atoms with Crippen molar-refractivity contribution in [1.82, 2.24) is 60.0 Å². The monoisotopic (exact) mass is 1570 g/mol. The number of rotatable bonds is 10. The molecule has 3 saturated heterocycles. The number of carbonyl (C=O) groups excluding carboxylic acids is 12. The van der Waals surface area contributed by atoms with Crippen molar-refractivity contribution < 1.29 is 119 Å². The Bertz CT molecular complexity index is 3660. The van der Waals surface area contributed by atoms with Crippen molar-refractivity contribution in [3.63, 3.8) is 0 Å². The van der Waals surface area contributed by atoms with Crippen LogP contribution in [0, 0.1) is 23.5 Å². The van der Waals surface area contributed by atoms with Crippen LogP contribution < -0.4 is 16.0 Å². The lowest BCUT2D eigenvalue weighted by molar-refractivity contribution is -0.164. The Morgan fingerprint density at radius 2 is 1.19 bits per heavy atom. The highest BCUT2D eigenvalue weighted by atomic mass is 19.4. The molecule has 2 aromatic carbocycles. The van der Waals surface area contributed by atoms with Crippen LogP contribution in [0.15, 0.2) is 36.4 Å². The van der Waals surface area contributed by atoms with E-state index in [-0.39, 0.29) is 88.9 Å². The van der Waals surface area contributed by atoms with Gasteiger partial charge in [0.2, 0.25) is 70.9 Å². The van der Waals surface area contributed by atoms with E-state index in [9.17, 15) is 77.9 Å². The third-order valence-electron chi connectivity index (χ3n) is 21.2. The third-order valence-corrected chi connectivity index (χ3v) is 21.2. The first-order chi connectivity index (χ1) is 50.7. The Labute approximate surface area is 621 Å². The first kappa shape index (κ1) is 87.4. The van der Waals surface area contributed by atoms with E-state index in [0.29, 0.717) is 46.1 Å². The normalized spacial score (nSPS) is 25.4. The topological polar surface area (TPSA) is 279 Å². The van der Waals surface area contributed by atoms with Crippen LogP contribution in [-0.4, -0.2) is 277 Å². The van der Waals surface area contributed by atoms with Crippen molar-refractivity contribution in [1.29, 1.82) is 0 Å². The molecule has 5 aliphatic rings. The first-order valence-electron chi connectivity index (χ1n) is 35.7. The highest BCUT2D eigenvalue weighted by Crippen LogP contribution is 2.40. The molecule has 25 nitrogen and oxygen atoms in total. The van der Waals surface area contributed by atoms with Crippen molar-refractivity contribution in [2.75, 3.05) is 102 Å². The molecule has 109 heavy (non-hydrogen) atoms. The molecule has 3 N–H and O–H groups in total. The van der Waals surface area contributed by atoms with Crippen LogP contribution in [0.3, 0.4) is 0 Å². The minimum Gasteiger partial charge on any atom is -0.378 e. The fourth-order valence-electron chi connectivity index (χ4n) is 14.6. The number of halogens is 13. The molecule has 0 aromatic heterocycles. The van der Waals surface area contributed by atoms with Crippen molar-refractivity contribution in [2.24, 2.45) is 11.8 Å². The average Bonchev–Trinajstić information content (AvgIpc) is 1.73. The second-order valence-electron chi connectivity index (χ2n) is 29.0. The van der Waals surface area contributed by atoms with Gasteiger partial charge in [0.15, 0.2) is 0 Å². The van der Waals surface area contributed by atoms with Crippen LogP contribution in [0.25, 0.3) is 0 Å². The van der Waals surface area contributed by atoms with Gasteiger partial charge in [-0.15, -0.1) is 0 Å². The number of amides is 12. The Morgan fingerprint density at radius 3 is 1.75 bits per heavy atom. The van der Waals surface area contributed by atoms with E-state index < -0.39 is 248 Å². The van der Waals surface area contributed by atoms with Gasteiger partial charge in [0.1, 0.15) is 65.0 Å². The summed E-state index contributed by atoms with van der Waals surface area (Å²) in [7, 11) is 7.32. The number of carbonyl (C=O) groups is 12. The summed E-state index contributed by atoms with van der Waals surface area (Å²) in [5, 5.41) is 7.16. The van der Waals surface area contributed by atoms with E-state index in [1.54, 1.807) is 6.92 Å². The number of likely N-dealkylation sites (N-methyl/N-ethyl adjacent to an activating group) is 7. The molecule has 2 aromatic rings. The van der Waals surface area contributed by atoms with E-state index in [2.05, 4.69) is 16.0 Å². The molecular weight excluding hydrogens is 1480 g/mol. The molecule has 1 spiro atoms. The van der Waals surface area contributed by atoms with Gasteiger partial charge in [0.05, 0.1) is 57.8 Å². The van der Waals surface area contributed by atoms with Gasteiger partial charge in [-0.3, -0.25) is 57.5 Å².